The molecule has 1 fully saturated rings. The highest BCUT2D eigenvalue weighted by Crippen LogP contribution is 2.14. The van der Waals surface area contributed by atoms with Gasteiger partial charge in [0.15, 0.2) is 0 Å². The quantitative estimate of drug-likeness (QED) is 0.694. The Morgan fingerprint density at radius 3 is 2.88 bits per heavy atom. The average Bonchev–Trinajstić information content (AvgIpc) is 2.32. The normalized spacial score (nSPS) is 29.6. The lowest BCUT2D eigenvalue weighted by Gasteiger charge is -2.37. The fourth-order valence-corrected chi connectivity index (χ4v) is 1.98. The summed E-state index contributed by atoms with van der Waals surface area (Å²) < 4.78 is 5.47. The van der Waals surface area contributed by atoms with Crippen molar-refractivity contribution < 1.29 is 14.3 Å². The van der Waals surface area contributed by atoms with Gasteiger partial charge in [0, 0.05) is 19.4 Å². The second-order valence-electron chi connectivity index (χ2n) is 4.54. The van der Waals surface area contributed by atoms with Crippen LogP contribution in [0.2, 0.25) is 0 Å². The smallest absolute Gasteiger partial charge is 0.270 e. The summed E-state index contributed by atoms with van der Waals surface area (Å²) in [7, 11) is 0. The highest BCUT2D eigenvalue weighted by atomic mass is 16.5. The van der Waals surface area contributed by atoms with Crippen molar-refractivity contribution in [1.29, 1.82) is 0 Å². The minimum atomic E-state index is -0.134. The molecular formula is C11H17N3O3. The monoisotopic (exact) mass is 239 g/mol. The number of carbonyl (C=O) groups is 2. The van der Waals surface area contributed by atoms with Crippen LogP contribution in [0.15, 0.2) is 5.10 Å². The van der Waals surface area contributed by atoms with Crippen molar-refractivity contribution in [3.8, 4) is 0 Å². The molecule has 2 amide bonds. The minimum absolute atomic E-state index is 0.0499. The first-order chi connectivity index (χ1) is 8.08. The maximum Gasteiger partial charge on any atom is 0.270 e. The van der Waals surface area contributed by atoms with Crippen LogP contribution in [0.5, 0.6) is 0 Å². The van der Waals surface area contributed by atoms with E-state index < -0.39 is 0 Å². The Morgan fingerprint density at radius 2 is 2.24 bits per heavy atom. The molecule has 0 aromatic heterocycles. The third-order valence-corrected chi connectivity index (χ3v) is 3.02. The number of hydrogen-bond donors (Lipinski definition) is 1. The summed E-state index contributed by atoms with van der Waals surface area (Å²) >= 11 is 0. The highest BCUT2D eigenvalue weighted by molar-refractivity contribution is 6.39. The highest BCUT2D eigenvalue weighted by Gasteiger charge is 2.31. The van der Waals surface area contributed by atoms with Gasteiger partial charge in [-0.2, -0.15) is 5.10 Å². The first-order valence-electron chi connectivity index (χ1n) is 5.86. The van der Waals surface area contributed by atoms with Crippen LogP contribution in [-0.2, 0) is 14.3 Å². The number of morpholine rings is 1. The van der Waals surface area contributed by atoms with E-state index in [-0.39, 0.29) is 24.0 Å². The van der Waals surface area contributed by atoms with Crippen molar-refractivity contribution in [2.75, 3.05) is 13.2 Å². The summed E-state index contributed by atoms with van der Waals surface area (Å²) in [4.78, 5) is 24.9. The molecule has 0 saturated carbocycles. The summed E-state index contributed by atoms with van der Waals surface area (Å²) in [6, 6.07) is 0.0547. The fourth-order valence-electron chi connectivity index (χ4n) is 1.98. The lowest BCUT2D eigenvalue weighted by atomic mass is 10.1. The van der Waals surface area contributed by atoms with Crippen LogP contribution < -0.4 is 5.43 Å². The molecule has 6 heteroatoms. The molecule has 0 spiro atoms. The third-order valence-electron chi connectivity index (χ3n) is 3.02. The Labute approximate surface area is 100.0 Å². The maximum absolute atomic E-state index is 12.2. The van der Waals surface area contributed by atoms with E-state index in [2.05, 4.69) is 10.5 Å². The molecule has 1 saturated heterocycles. The molecule has 0 radical (unpaired) electrons. The lowest BCUT2D eigenvalue weighted by molar-refractivity contribution is -0.136. The first-order valence-corrected chi connectivity index (χ1v) is 5.86. The van der Waals surface area contributed by atoms with Crippen molar-refractivity contribution in [1.82, 2.24) is 10.3 Å². The van der Waals surface area contributed by atoms with E-state index >= 15 is 0 Å². The molecule has 1 N–H and O–H groups in total. The van der Waals surface area contributed by atoms with Crippen molar-refractivity contribution in [3.05, 3.63) is 0 Å². The van der Waals surface area contributed by atoms with Crippen LogP contribution in [0.25, 0.3) is 0 Å². The predicted octanol–water partition coefficient (Wildman–Crippen LogP) is -0.112. The Balaban J connectivity index is 2.06. The SMILES string of the molecule is CC1CN(C(=O)C2=NNC(=O)CC2)C(C)CO1. The Hall–Kier alpha value is -1.43. The van der Waals surface area contributed by atoms with Crippen LogP contribution in [0.4, 0.5) is 0 Å². The molecule has 2 rings (SSSR count). The van der Waals surface area contributed by atoms with Gasteiger partial charge in [0.05, 0.1) is 18.8 Å². The Morgan fingerprint density at radius 1 is 1.47 bits per heavy atom. The summed E-state index contributed by atoms with van der Waals surface area (Å²) in [5, 5.41) is 3.83. The number of nitrogens with zero attached hydrogens (tertiary/aromatic N) is 2. The van der Waals surface area contributed by atoms with Gasteiger partial charge in [-0.05, 0) is 13.8 Å². The van der Waals surface area contributed by atoms with Gasteiger partial charge in [0.25, 0.3) is 5.91 Å². The van der Waals surface area contributed by atoms with Gasteiger partial charge in [-0.25, -0.2) is 5.43 Å². The van der Waals surface area contributed by atoms with Gasteiger partial charge >= 0.3 is 0 Å². The molecule has 6 nitrogen and oxygen atoms in total. The molecule has 2 atom stereocenters. The number of amides is 2. The van der Waals surface area contributed by atoms with E-state index in [1.165, 1.54) is 0 Å². The van der Waals surface area contributed by atoms with Crippen molar-refractivity contribution in [2.45, 2.75) is 38.8 Å². The molecular weight excluding hydrogens is 222 g/mol. The van der Waals surface area contributed by atoms with Gasteiger partial charge < -0.3 is 9.64 Å². The molecule has 2 heterocycles. The van der Waals surface area contributed by atoms with E-state index in [1.54, 1.807) is 4.90 Å². The van der Waals surface area contributed by atoms with E-state index in [4.69, 9.17) is 4.74 Å². The predicted molar refractivity (Wildman–Crippen MR) is 61.4 cm³/mol. The van der Waals surface area contributed by atoms with E-state index in [0.29, 0.717) is 31.7 Å². The topological polar surface area (TPSA) is 71.0 Å². The summed E-state index contributed by atoms with van der Waals surface area (Å²) in [5.41, 5.74) is 2.78. The van der Waals surface area contributed by atoms with Crippen LogP contribution in [0.1, 0.15) is 26.7 Å². The Kier molecular flexibility index (Phi) is 3.42. The molecule has 94 valence electrons. The second-order valence-corrected chi connectivity index (χ2v) is 4.54. The van der Waals surface area contributed by atoms with Gasteiger partial charge in [0.1, 0.15) is 5.71 Å². The van der Waals surface area contributed by atoms with Crippen LogP contribution >= 0.6 is 0 Å². The second kappa shape index (κ2) is 4.83. The standard InChI is InChI=1S/C11H17N3O3/c1-7-6-17-8(2)5-14(7)11(16)9-3-4-10(15)13-12-9/h7-8H,3-6H2,1-2H3,(H,13,15). The molecule has 0 aromatic carbocycles. The van der Waals surface area contributed by atoms with Gasteiger partial charge in [-0.15, -0.1) is 0 Å². The third kappa shape index (κ3) is 2.63. The van der Waals surface area contributed by atoms with Crippen molar-refractivity contribution >= 4 is 17.5 Å². The summed E-state index contributed by atoms with van der Waals surface area (Å²) in [5.74, 6) is -0.224. The number of ether oxygens (including phenoxy) is 1. The van der Waals surface area contributed by atoms with Crippen LogP contribution in [0, 0.1) is 0 Å². The minimum Gasteiger partial charge on any atom is -0.375 e. The van der Waals surface area contributed by atoms with Crippen molar-refractivity contribution in [3.63, 3.8) is 0 Å². The lowest BCUT2D eigenvalue weighted by Crippen LogP contribution is -2.53. The summed E-state index contributed by atoms with van der Waals surface area (Å²) in [6.45, 7) is 5.02. The zero-order valence-corrected chi connectivity index (χ0v) is 10.1. The molecule has 17 heavy (non-hydrogen) atoms. The number of nitrogens with one attached hydrogen (secondary N) is 1. The maximum atomic E-state index is 12.2. The average molecular weight is 239 g/mol. The number of hydrogen-bond acceptors (Lipinski definition) is 4. The molecule has 0 aromatic rings. The molecule has 0 aliphatic carbocycles. The van der Waals surface area contributed by atoms with Crippen LogP contribution in [-0.4, -0.2) is 47.7 Å². The largest absolute Gasteiger partial charge is 0.375 e. The fraction of sp³-hybridized carbons (Fsp3) is 0.727. The van der Waals surface area contributed by atoms with Gasteiger partial charge in [0.2, 0.25) is 5.91 Å². The van der Waals surface area contributed by atoms with E-state index in [0.717, 1.165) is 0 Å². The molecule has 2 aliphatic heterocycles. The first kappa shape index (κ1) is 12.0. The zero-order chi connectivity index (χ0) is 12.4. The van der Waals surface area contributed by atoms with Crippen LogP contribution in [0.3, 0.4) is 0 Å². The van der Waals surface area contributed by atoms with Gasteiger partial charge in [-0.3, -0.25) is 9.59 Å². The Bertz CT molecular complexity index is 367. The molecule has 2 aliphatic rings. The van der Waals surface area contributed by atoms with Gasteiger partial charge in [-0.1, -0.05) is 0 Å². The number of carbonyl (C=O) groups excluding carboxylic acids is 2. The number of rotatable bonds is 1. The zero-order valence-electron chi connectivity index (χ0n) is 10.1. The van der Waals surface area contributed by atoms with Crippen molar-refractivity contribution in [2.24, 2.45) is 5.10 Å². The van der Waals surface area contributed by atoms with E-state index in [1.807, 2.05) is 13.8 Å². The van der Waals surface area contributed by atoms with E-state index in [9.17, 15) is 9.59 Å². The summed E-state index contributed by atoms with van der Waals surface area (Å²) in [6.07, 6.45) is 0.802. The molecule has 2 unspecified atom stereocenters. The molecule has 0 bridgehead atoms. The number of hydrazone groups is 1.